The van der Waals surface area contributed by atoms with Crippen LogP contribution in [0.4, 0.5) is 0 Å². The maximum absolute atomic E-state index is 12.3. The highest BCUT2D eigenvalue weighted by Gasteiger charge is 2.32. The number of halogens is 1. The van der Waals surface area contributed by atoms with Crippen LogP contribution in [-0.4, -0.2) is 36.8 Å². The van der Waals surface area contributed by atoms with Gasteiger partial charge in [0.25, 0.3) is 10.0 Å². The molecule has 90 valence electrons. The molecule has 7 heteroatoms. The molecule has 0 aliphatic carbocycles. The van der Waals surface area contributed by atoms with Crippen LogP contribution in [0.3, 0.4) is 0 Å². The van der Waals surface area contributed by atoms with Crippen LogP contribution in [0.25, 0.3) is 0 Å². The summed E-state index contributed by atoms with van der Waals surface area (Å²) in [6.07, 6.45) is 0. The van der Waals surface area contributed by atoms with Gasteiger partial charge in [-0.1, -0.05) is 0 Å². The first-order valence-electron chi connectivity index (χ1n) is 4.87. The van der Waals surface area contributed by atoms with E-state index in [1.54, 1.807) is 16.4 Å². The largest absolute Gasteiger partial charge is 0.252 e. The van der Waals surface area contributed by atoms with Crippen molar-refractivity contribution in [1.82, 2.24) is 4.31 Å². The molecule has 1 aromatic heterocycles. The molecule has 16 heavy (non-hydrogen) atoms. The van der Waals surface area contributed by atoms with E-state index >= 15 is 0 Å². The molecule has 1 aromatic rings. The van der Waals surface area contributed by atoms with E-state index in [0.29, 0.717) is 10.8 Å². The SMILES string of the molecule is CC1CSCCN1S(=O)(=O)c1ccc(Br)s1. The fourth-order valence-corrected chi connectivity index (χ4v) is 6.61. The lowest BCUT2D eigenvalue weighted by molar-refractivity contribution is 0.368. The average Bonchev–Trinajstić information content (AvgIpc) is 2.66. The van der Waals surface area contributed by atoms with Crippen molar-refractivity contribution in [3.05, 3.63) is 15.9 Å². The Balaban J connectivity index is 2.31. The summed E-state index contributed by atoms with van der Waals surface area (Å²) in [7, 11) is -3.28. The van der Waals surface area contributed by atoms with Gasteiger partial charge in [0.15, 0.2) is 0 Å². The van der Waals surface area contributed by atoms with Gasteiger partial charge in [0, 0.05) is 24.1 Å². The van der Waals surface area contributed by atoms with E-state index in [2.05, 4.69) is 15.9 Å². The number of hydrogen-bond acceptors (Lipinski definition) is 4. The molecule has 1 aliphatic heterocycles. The Morgan fingerprint density at radius 1 is 1.50 bits per heavy atom. The second-order valence-electron chi connectivity index (χ2n) is 3.60. The number of thioether (sulfide) groups is 1. The Bertz CT molecular complexity index is 471. The summed E-state index contributed by atoms with van der Waals surface area (Å²) >= 11 is 6.38. The first kappa shape index (κ1) is 12.9. The Morgan fingerprint density at radius 3 is 2.81 bits per heavy atom. The van der Waals surface area contributed by atoms with Crippen LogP contribution in [-0.2, 0) is 10.0 Å². The monoisotopic (exact) mass is 341 g/mol. The van der Waals surface area contributed by atoms with Gasteiger partial charge in [-0.15, -0.1) is 11.3 Å². The van der Waals surface area contributed by atoms with Gasteiger partial charge in [-0.3, -0.25) is 0 Å². The van der Waals surface area contributed by atoms with Crippen LogP contribution in [0.15, 0.2) is 20.1 Å². The highest BCUT2D eigenvalue weighted by Crippen LogP contribution is 2.31. The van der Waals surface area contributed by atoms with Gasteiger partial charge < -0.3 is 0 Å². The molecule has 1 unspecified atom stereocenters. The van der Waals surface area contributed by atoms with Gasteiger partial charge in [0.05, 0.1) is 3.79 Å². The number of hydrogen-bond donors (Lipinski definition) is 0. The van der Waals surface area contributed by atoms with Crippen LogP contribution in [0.1, 0.15) is 6.92 Å². The highest BCUT2D eigenvalue weighted by atomic mass is 79.9. The zero-order valence-electron chi connectivity index (χ0n) is 8.72. The Labute approximate surface area is 112 Å². The van der Waals surface area contributed by atoms with Gasteiger partial charge in [-0.05, 0) is 35.0 Å². The fraction of sp³-hybridized carbons (Fsp3) is 0.556. The minimum absolute atomic E-state index is 0.0876. The molecular formula is C9H12BrNO2S3. The molecule has 1 atom stereocenters. The van der Waals surface area contributed by atoms with Gasteiger partial charge in [-0.2, -0.15) is 16.1 Å². The summed E-state index contributed by atoms with van der Waals surface area (Å²) in [5.74, 6) is 1.77. The topological polar surface area (TPSA) is 37.4 Å². The average molecular weight is 342 g/mol. The molecule has 0 amide bonds. The molecule has 0 saturated carbocycles. The first-order valence-corrected chi connectivity index (χ1v) is 9.07. The lowest BCUT2D eigenvalue weighted by Gasteiger charge is -2.31. The lowest BCUT2D eigenvalue weighted by Crippen LogP contribution is -2.44. The summed E-state index contributed by atoms with van der Waals surface area (Å²) in [4.78, 5) is 0. The number of thiophene rings is 1. The molecular weight excluding hydrogens is 330 g/mol. The zero-order chi connectivity index (χ0) is 11.8. The van der Waals surface area contributed by atoms with Gasteiger partial charge in [0.1, 0.15) is 4.21 Å². The fourth-order valence-electron chi connectivity index (χ4n) is 1.62. The van der Waals surface area contributed by atoms with Crippen molar-refractivity contribution in [3.8, 4) is 0 Å². The molecule has 2 rings (SSSR count). The van der Waals surface area contributed by atoms with Crippen molar-refractivity contribution < 1.29 is 8.42 Å². The molecule has 1 fully saturated rings. The molecule has 0 aromatic carbocycles. The smallest absolute Gasteiger partial charge is 0.206 e. The van der Waals surface area contributed by atoms with Crippen molar-refractivity contribution in [2.75, 3.05) is 18.1 Å². The van der Waals surface area contributed by atoms with Crippen molar-refractivity contribution in [2.24, 2.45) is 0 Å². The van der Waals surface area contributed by atoms with E-state index in [-0.39, 0.29) is 6.04 Å². The molecule has 0 radical (unpaired) electrons. The summed E-state index contributed by atoms with van der Waals surface area (Å²) in [5, 5.41) is 0. The Hall–Kier alpha value is 0.440. The third-order valence-electron chi connectivity index (χ3n) is 2.42. The van der Waals surface area contributed by atoms with E-state index in [4.69, 9.17) is 0 Å². The third-order valence-corrected chi connectivity index (χ3v) is 7.71. The third kappa shape index (κ3) is 2.48. The minimum Gasteiger partial charge on any atom is -0.206 e. The van der Waals surface area contributed by atoms with Crippen molar-refractivity contribution in [2.45, 2.75) is 17.2 Å². The summed E-state index contributed by atoms with van der Waals surface area (Å²) in [5.41, 5.74) is 0. The molecule has 1 aliphatic rings. The maximum atomic E-state index is 12.3. The predicted molar refractivity (Wildman–Crippen MR) is 72.7 cm³/mol. The lowest BCUT2D eigenvalue weighted by atomic mass is 10.4. The van der Waals surface area contributed by atoms with E-state index in [0.717, 1.165) is 15.3 Å². The van der Waals surface area contributed by atoms with Crippen molar-refractivity contribution in [3.63, 3.8) is 0 Å². The molecule has 0 N–H and O–H groups in total. The number of sulfonamides is 1. The van der Waals surface area contributed by atoms with Gasteiger partial charge >= 0.3 is 0 Å². The minimum atomic E-state index is -3.28. The summed E-state index contributed by atoms with van der Waals surface area (Å²) in [6, 6.07) is 3.53. The number of rotatable bonds is 2. The highest BCUT2D eigenvalue weighted by molar-refractivity contribution is 9.11. The molecule has 3 nitrogen and oxygen atoms in total. The van der Waals surface area contributed by atoms with Gasteiger partial charge in [-0.25, -0.2) is 8.42 Å². The van der Waals surface area contributed by atoms with Gasteiger partial charge in [0.2, 0.25) is 0 Å². The van der Waals surface area contributed by atoms with Crippen LogP contribution in [0.2, 0.25) is 0 Å². The maximum Gasteiger partial charge on any atom is 0.252 e. The van der Waals surface area contributed by atoms with E-state index in [1.807, 2.05) is 18.7 Å². The Kier molecular flexibility index (Phi) is 4.01. The van der Waals surface area contributed by atoms with Crippen LogP contribution in [0.5, 0.6) is 0 Å². The summed E-state index contributed by atoms with van der Waals surface area (Å²) in [6.45, 7) is 2.58. The van der Waals surface area contributed by atoms with E-state index in [1.165, 1.54) is 11.3 Å². The second-order valence-corrected chi connectivity index (χ2v) is 9.33. The first-order chi connectivity index (χ1) is 7.51. The van der Waals surface area contributed by atoms with Crippen molar-refractivity contribution in [1.29, 1.82) is 0 Å². The normalized spacial score (nSPS) is 23.5. The second kappa shape index (κ2) is 4.97. The standard InChI is InChI=1S/C9H12BrNO2S3/c1-7-6-14-5-4-11(7)16(12,13)9-3-2-8(10)15-9/h2-3,7H,4-6H2,1H3. The van der Waals surface area contributed by atoms with Crippen LogP contribution in [0, 0.1) is 0 Å². The van der Waals surface area contributed by atoms with E-state index in [9.17, 15) is 8.42 Å². The molecule has 0 spiro atoms. The van der Waals surface area contributed by atoms with Crippen molar-refractivity contribution >= 4 is 49.1 Å². The van der Waals surface area contributed by atoms with E-state index < -0.39 is 10.0 Å². The summed E-state index contributed by atoms with van der Waals surface area (Å²) < 4.78 is 27.5. The quantitative estimate of drug-likeness (QED) is 0.829. The number of nitrogens with zero attached hydrogens (tertiary/aromatic N) is 1. The zero-order valence-corrected chi connectivity index (χ0v) is 12.8. The van der Waals surface area contributed by atoms with Crippen LogP contribution >= 0.6 is 39.0 Å². The Morgan fingerprint density at radius 2 is 2.25 bits per heavy atom. The predicted octanol–water partition coefficient (Wildman–Crippen LogP) is 2.64. The molecule has 1 saturated heterocycles. The molecule has 2 heterocycles. The van der Waals surface area contributed by atoms with Crippen LogP contribution < -0.4 is 0 Å². The molecule has 0 bridgehead atoms.